The Balaban J connectivity index is 1.91. The molecule has 0 fully saturated rings. The highest BCUT2D eigenvalue weighted by Gasteiger charge is 2.39. The summed E-state index contributed by atoms with van der Waals surface area (Å²) in [6.45, 7) is 1.38. The van der Waals surface area contributed by atoms with E-state index in [1.807, 2.05) is 6.07 Å². The summed E-state index contributed by atoms with van der Waals surface area (Å²) >= 11 is 5.92. The highest BCUT2D eigenvalue weighted by molar-refractivity contribution is 6.31. The summed E-state index contributed by atoms with van der Waals surface area (Å²) in [5, 5.41) is 14.6. The monoisotopic (exact) mass is 471 g/mol. The van der Waals surface area contributed by atoms with Gasteiger partial charge < -0.3 is 5.32 Å². The molecule has 4 aromatic rings. The number of imidazole rings is 1. The molecular formula is C22H13ClF3N5O2. The van der Waals surface area contributed by atoms with Gasteiger partial charge in [-0.1, -0.05) is 41.9 Å². The molecule has 11 heteroatoms. The second-order valence-electron chi connectivity index (χ2n) is 7.03. The van der Waals surface area contributed by atoms with E-state index in [0.717, 1.165) is 4.52 Å². The number of fused-ring (bicyclic) bond motifs is 1. The zero-order valence-electron chi connectivity index (χ0n) is 16.8. The standard InChI is InChI=1S/C22H13ClF3N5O2/c1-11-16(21(33)28-15-9-14(23)8-7-13(15)10-27)18(32)20-29-19(22(24,25)26)17(31(20)30-11)12-5-3-2-4-6-12/h2-9,30H,1H3,(H,28,33). The molecule has 0 spiro atoms. The van der Waals surface area contributed by atoms with Gasteiger partial charge in [0.15, 0.2) is 5.69 Å². The first-order valence-corrected chi connectivity index (χ1v) is 9.78. The van der Waals surface area contributed by atoms with Crippen molar-refractivity contribution in [2.75, 3.05) is 5.32 Å². The maximum Gasteiger partial charge on any atom is 0.435 e. The molecule has 0 atom stereocenters. The number of benzene rings is 2. The number of hydrogen-bond acceptors (Lipinski definition) is 4. The Bertz CT molecular complexity index is 1500. The van der Waals surface area contributed by atoms with Crippen LogP contribution in [0.3, 0.4) is 0 Å². The topological polar surface area (TPSA) is 103 Å². The van der Waals surface area contributed by atoms with Crippen molar-refractivity contribution in [1.29, 1.82) is 5.26 Å². The number of aromatic nitrogens is 3. The maximum absolute atomic E-state index is 13.8. The van der Waals surface area contributed by atoms with Crippen molar-refractivity contribution in [2.45, 2.75) is 13.1 Å². The van der Waals surface area contributed by atoms with Crippen molar-refractivity contribution in [3.8, 4) is 17.3 Å². The molecule has 0 aliphatic rings. The first-order valence-electron chi connectivity index (χ1n) is 9.40. The quantitative estimate of drug-likeness (QED) is 0.448. The summed E-state index contributed by atoms with van der Waals surface area (Å²) in [5.74, 6) is -0.923. The van der Waals surface area contributed by atoms with E-state index < -0.39 is 34.4 Å². The van der Waals surface area contributed by atoms with Gasteiger partial charge >= 0.3 is 6.18 Å². The van der Waals surface area contributed by atoms with E-state index in [1.54, 1.807) is 18.2 Å². The Labute approximate surface area is 189 Å². The number of alkyl halides is 3. The predicted molar refractivity (Wildman–Crippen MR) is 115 cm³/mol. The van der Waals surface area contributed by atoms with Gasteiger partial charge in [0, 0.05) is 16.3 Å². The van der Waals surface area contributed by atoms with E-state index in [-0.39, 0.29) is 33.2 Å². The van der Waals surface area contributed by atoms with Gasteiger partial charge in [-0.15, -0.1) is 0 Å². The fraction of sp³-hybridized carbons (Fsp3) is 0.0909. The van der Waals surface area contributed by atoms with Crippen molar-refractivity contribution >= 4 is 28.8 Å². The molecule has 0 saturated heterocycles. The normalized spacial score (nSPS) is 11.4. The van der Waals surface area contributed by atoms with Gasteiger partial charge in [0.05, 0.1) is 11.3 Å². The van der Waals surface area contributed by atoms with Crippen LogP contribution in [-0.4, -0.2) is 20.5 Å². The highest BCUT2D eigenvalue weighted by Crippen LogP contribution is 2.36. The molecule has 0 aliphatic carbocycles. The van der Waals surface area contributed by atoms with Gasteiger partial charge in [0.25, 0.3) is 5.91 Å². The molecule has 0 unspecified atom stereocenters. The van der Waals surface area contributed by atoms with Crippen LogP contribution in [0.4, 0.5) is 18.9 Å². The summed E-state index contributed by atoms with van der Waals surface area (Å²) in [5.41, 5.74) is -3.32. The number of anilines is 1. The summed E-state index contributed by atoms with van der Waals surface area (Å²) in [4.78, 5) is 29.5. The number of rotatable bonds is 3. The number of carbonyl (C=O) groups is 1. The smallest absolute Gasteiger partial charge is 0.321 e. The number of nitriles is 1. The van der Waals surface area contributed by atoms with Crippen molar-refractivity contribution in [3.63, 3.8) is 0 Å². The fourth-order valence-electron chi connectivity index (χ4n) is 3.42. The number of carbonyl (C=O) groups excluding carboxylic acids is 1. The van der Waals surface area contributed by atoms with Gasteiger partial charge in [-0.05, 0) is 25.1 Å². The van der Waals surface area contributed by atoms with Crippen LogP contribution in [0.2, 0.25) is 5.02 Å². The minimum Gasteiger partial charge on any atom is -0.321 e. The van der Waals surface area contributed by atoms with Crippen LogP contribution in [0.15, 0.2) is 53.3 Å². The summed E-state index contributed by atoms with van der Waals surface area (Å²) in [6, 6.07) is 13.7. The fourth-order valence-corrected chi connectivity index (χ4v) is 3.59. The van der Waals surface area contributed by atoms with E-state index >= 15 is 0 Å². The molecule has 0 bridgehead atoms. The average Bonchev–Trinajstić information content (AvgIpc) is 3.15. The first kappa shape index (κ1) is 22.1. The van der Waals surface area contributed by atoms with Crippen molar-refractivity contribution in [1.82, 2.24) is 14.6 Å². The third-order valence-corrected chi connectivity index (χ3v) is 5.09. The largest absolute Gasteiger partial charge is 0.435 e. The lowest BCUT2D eigenvalue weighted by molar-refractivity contribution is -0.140. The molecule has 1 amide bonds. The Morgan fingerprint density at radius 3 is 2.55 bits per heavy atom. The maximum atomic E-state index is 13.8. The van der Waals surface area contributed by atoms with Gasteiger partial charge in [-0.25, -0.2) is 9.50 Å². The lowest BCUT2D eigenvalue weighted by Crippen LogP contribution is -2.26. The number of aryl methyl sites for hydroxylation is 1. The average molecular weight is 472 g/mol. The zero-order valence-corrected chi connectivity index (χ0v) is 17.5. The molecule has 0 radical (unpaired) electrons. The van der Waals surface area contributed by atoms with Crippen LogP contribution >= 0.6 is 11.6 Å². The highest BCUT2D eigenvalue weighted by atomic mass is 35.5. The van der Waals surface area contributed by atoms with Crippen LogP contribution in [0, 0.1) is 18.3 Å². The van der Waals surface area contributed by atoms with Gasteiger partial charge in [-0.3, -0.25) is 14.7 Å². The number of H-pyrrole nitrogens is 1. The van der Waals surface area contributed by atoms with Crippen molar-refractivity contribution in [2.24, 2.45) is 0 Å². The second-order valence-corrected chi connectivity index (χ2v) is 7.47. The van der Waals surface area contributed by atoms with Gasteiger partial charge in [0.1, 0.15) is 17.3 Å². The molecular weight excluding hydrogens is 459 g/mol. The molecule has 2 aromatic carbocycles. The Morgan fingerprint density at radius 1 is 1.21 bits per heavy atom. The summed E-state index contributed by atoms with van der Waals surface area (Å²) in [6.07, 6.45) is -4.85. The number of halogens is 4. The molecule has 4 rings (SSSR count). The van der Waals surface area contributed by atoms with Crippen LogP contribution in [0.5, 0.6) is 0 Å². The van der Waals surface area contributed by atoms with Crippen LogP contribution in [-0.2, 0) is 6.18 Å². The third kappa shape index (κ3) is 3.94. The van der Waals surface area contributed by atoms with Gasteiger partial charge in [-0.2, -0.15) is 18.4 Å². The third-order valence-electron chi connectivity index (χ3n) is 4.86. The minimum atomic E-state index is -4.85. The first-order chi connectivity index (χ1) is 15.6. The van der Waals surface area contributed by atoms with Crippen LogP contribution < -0.4 is 10.7 Å². The number of hydrogen-bond donors (Lipinski definition) is 2. The minimum absolute atomic E-state index is 0.00819. The van der Waals surface area contributed by atoms with Crippen LogP contribution in [0.25, 0.3) is 16.9 Å². The molecule has 0 aliphatic heterocycles. The summed E-state index contributed by atoms with van der Waals surface area (Å²) in [7, 11) is 0. The number of nitrogens with one attached hydrogen (secondary N) is 2. The number of nitrogens with zero attached hydrogens (tertiary/aromatic N) is 3. The molecule has 2 heterocycles. The Hall–Kier alpha value is -4.10. The molecule has 166 valence electrons. The van der Waals surface area contributed by atoms with Gasteiger partial charge in [0.2, 0.25) is 11.1 Å². The van der Waals surface area contributed by atoms with E-state index in [1.165, 1.54) is 37.3 Å². The second kappa shape index (κ2) is 8.11. The Morgan fingerprint density at radius 2 is 1.91 bits per heavy atom. The van der Waals surface area contributed by atoms with Crippen molar-refractivity contribution in [3.05, 3.63) is 86.3 Å². The Kier molecular flexibility index (Phi) is 5.43. The zero-order chi connectivity index (χ0) is 23.9. The van der Waals surface area contributed by atoms with E-state index in [9.17, 15) is 28.0 Å². The summed E-state index contributed by atoms with van der Waals surface area (Å²) < 4.78 is 42.2. The number of aromatic amines is 1. The van der Waals surface area contributed by atoms with Crippen LogP contribution in [0.1, 0.15) is 27.3 Å². The molecule has 2 aromatic heterocycles. The number of amides is 1. The molecule has 33 heavy (non-hydrogen) atoms. The van der Waals surface area contributed by atoms with E-state index in [2.05, 4.69) is 15.4 Å². The molecule has 2 N–H and O–H groups in total. The lowest BCUT2D eigenvalue weighted by atomic mass is 10.1. The predicted octanol–water partition coefficient (Wildman–Crippen LogP) is 4.79. The van der Waals surface area contributed by atoms with Crippen molar-refractivity contribution < 1.29 is 18.0 Å². The lowest BCUT2D eigenvalue weighted by Gasteiger charge is -2.11. The SMILES string of the molecule is Cc1[nH]n2c(-c3ccccc3)c(C(F)(F)F)nc2c(=O)c1C(=O)Nc1cc(Cl)ccc1C#N. The van der Waals surface area contributed by atoms with E-state index in [4.69, 9.17) is 11.6 Å². The molecule has 7 nitrogen and oxygen atoms in total. The molecule has 0 saturated carbocycles. The van der Waals surface area contributed by atoms with E-state index in [0.29, 0.717) is 0 Å².